The highest BCUT2D eigenvalue weighted by molar-refractivity contribution is 7.99. The van der Waals surface area contributed by atoms with Gasteiger partial charge in [-0.15, -0.1) is 10.2 Å². The average Bonchev–Trinajstić information content (AvgIpc) is 3.27. The molecule has 0 radical (unpaired) electrons. The predicted molar refractivity (Wildman–Crippen MR) is 129 cm³/mol. The lowest BCUT2D eigenvalue weighted by Crippen LogP contribution is -2.14. The Morgan fingerprint density at radius 2 is 1.73 bits per heavy atom. The van der Waals surface area contributed by atoms with E-state index in [1.54, 1.807) is 24.3 Å². The Morgan fingerprint density at radius 1 is 0.970 bits per heavy atom. The van der Waals surface area contributed by atoms with E-state index in [0.29, 0.717) is 22.2 Å². The molecule has 0 unspecified atom stereocenters. The smallest absolute Gasteiger partial charge is 0.337 e. The molecule has 0 saturated heterocycles. The van der Waals surface area contributed by atoms with Crippen molar-refractivity contribution in [3.05, 3.63) is 90.0 Å². The first kappa shape index (κ1) is 22.3. The van der Waals surface area contributed by atoms with Crippen LogP contribution >= 0.6 is 11.8 Å². The molecule has 166 valence electrons. The van der Waals surface area contributed by atoms with E-state index in [1.807, 2.05) is 60.0 Å². The fourth-order valence-corrected chi connectivity index (χ4v) is 4.03. The maximum Gasteiger partial charge on any atom is 0.337 e. The van der Waals surface area contributed by atoms with Gasteiger partial charge in [0.15, 0.2) is 11.0 Å². The molecule has 1 amide bonds. The number of amides is 1. The lowest BCUT2D eigenvalue weighted by atomic mass is 10.1. The first-order valence-electron chi connectivity index (χ1n) is 10.2. The molecule has 0 bridgehead atoms. The van der Waals surface area contributed by atoms with Crippen molar-refractivity contribution in [1.29, 1.82) is 0 Å². The van der Waals surface area contributed by atoms with Crippen molar-refractivity contribution in [3.63, 3.8) is 0 Å². The number of thioether (sulfide) groups is 1. The zero-order chi connectivity index (χ0) is 23.2. The van der Waals surface area contributed by atoms with Crippen molar-refractivity contribution in [3.8, 4) is 17.1 Å². The van der Waals surface area contributed by atoms with Crippen molar-refractivity contribution >= 4 is 29.3 Å². The van der Waals surface area contributed by atoms with Crippen molar-refractivity contribution in [2.24, 2.45) is 0 Å². The molecule has 0 aliphatic heterocycles. The maximum atomic E-state index is 12.5. The summed E-state index contributed by atoms with van der Waals surface area (Å²) in [4.78, 5) is 24.1. The molecule has 3 aromatic carbocycles. The van der Waals surface area contributed by atoms with Crippen LogP contribution in [0.3, 0.4) is 0 Å². The standard InChI is InChI=1S/C25H22N4O3S/c1-17-7-6-8-19(15-17)23-27-28-25(29(23)21-9-4-3-5-10-21)33-16-22(30)26-20-13-11-18(12-14-20)24(31)32-2/h3-15H,16H2,1-2H3,(H,26,30). The van der Waals surface area contributed by atoms with E-state index in [4.69, 9.17) is 0 Å². The summed E-state index contributed by atoms with van der Waals surface area (Å²) in [6.07, 6.45) is 0. The Morgan fingerprint density at radius 3 is 2.42 bits per heavy atom. The topological polar surface area (TPSA) is 86.1 Å². The highest BCUT2D eigenvalue weighted by Gasteiger charge is 2.17. The summed E-state index contributed by atoms with van der Waals surface area (Å²) in [6.45, 7) is 2.03. The SMILES string of the molecule is COC(=O)c1ccc(NC(=O)CSc2nnc(-c3cccc(C)c3)n2-c2ccccc2)cc1. The van der Waals surface area contributed by atoms with Crippen LogP contribution in [0.5, 0.6) is 0 Å². The number of nitrogens with one attached hydrogen (secondary N) is 1. The largest absolute Gasteiger partial charge is 0.465 e. The molecule has 0 spiro atoms. The van der Waals surface area contributed by atoms with Crippen LogP contribution in [0.15, 0.2) is 84.0 Å². The number of carbonyl (C=O) groups excluding carboxylic acids is 2. The molecule has 1 aromatic heterocycles. The Bertz CT molecular complexity index is 1270. The second kappa shape index (κ2) is 10.1. The molecule has 4 aromatic rings. The van der Waals surface area contributed by atoms with Crippen LogP contribution in [0, 0.1) is 6.92 Å². The quantitative estimate of drug-likeness (QED) is 0.317. The number of ether oxygens (including phenoxy) is 1. The first-order chi connectivity index (χ1) is 16.0. The van der Waals surface area contributed by atoms with Gasteiger partial charge in [0.1, 0.15) is 0 Å². The monoisotopic (exact) mass is 458 g/mol. The van der Waals surface area contributed by atoms with Gasteiger partial charge in [0.25, 0.3) is 0 Å². The number of aromatic nitrogens is 3. The Labute approximate surface area is 195 Å². The molecule has 0 atom stereocenters. The van der Waals surface area contributed by atoms with Gasteiger partial charge in [-0.2, -0.15) is 0 Å². The number of hydrogen-bond donors (Lipinski definition) is 1. The summed E-state index contributed by atoms with van der Waals surface area (Å²) in [7, 11) is 1.33. The maximum absolute atomic E-state index is 12.5. The van der Waals surface area contributed by atoms with Crippen LogP contribution in [-0.4, -0.2) is 39.5 Å². The Balaban J connectivity index is 1.52. The molecule has 4 rings (SSSR count). The van der Waals surface area contributed by atoms with E-state index < -0.39 is 5.97 Å². The van der Waals surface area contributed by atoms with Gasteiger partial charge in [0, 0.05) is 16.9 Å². The summed E-state index contributed by atoms with van der Waals surface area (Å²) >= 11 is 1.30. The van der Waals surface area contributed by atoms with E-state index in [1.165, 1.54) is 18.9 Å². The van der Waals surface area contributed by atoms with Crippen LogP contribution in [0.25, 0.3) is 17.1 Å². The summed E-state index contributed by atoms with van der Waals surface area (Å²) in [5.74, 6) is 0.252. The van der Waals surface area contributed by atoms with Crippen LogP contribution in [0.2, 0.25) is 0 Å². The minimum atomic E-state index is -0.423. The second-order valence-corrected chi connectivity index (χ2v) is 8.19. The van der Waals surface area contributed by atoms with Gasteiger partial charge in [-0.25, -0.2) is 4.79 Å². The van der Waals surface area contributed by atoms with Gasteiger partial charge < -0.3 is 10.1 Å². The fourth-order valence-electron chi connectivity index (χ4n) is 3.28. The van der Waals surface area contributed by atoms with Crippen LogP contribution in [-0.2, 0) is 9.53 Å². The number of para-hydroxylation sites is 1. The third kappa shape index (κ3) is 5.30. The highest BCUT2D eigenvalue weighted by Crippen LogP contribution is 2.28. The normalized spacial score (nSPS) is 10.6. The van der Waals surface area contributed by atoms with Crippen molar-refractivity contribution in [2.45, 2.75) is 12.1 Å². The second-order valence-electron chi connectivity index (χ2n) is 7.25. The molecule has 0 aliphatic rings. The van der Waals surface area contributed by atoms with E-state index >= 15 is 0 Å². The summed E-state index contributed by atoms with van der Waals surface area (Å²) in [5.41, 5.74) is 4.01. The number of aryl methyl sites for hydroxylation is 1. The Kier molecular flexibility index (Phi) is 6.85. The van der Waals surface area contributed by atoms with Crippen LogP contribution in [0.4, 0.5) is 5.69 Å². The molecular formula is C25H22N4O3S. The zero-order valence-electron chi connectivity index (χ0n) is 18.2. The third-order valence-electron chi connectivity index (χ3n) is 4.85. The van der Waals surface area contributed by atoms with Gasteiger partial charge >= 0.3 is 5.97 Å². The molecule has 0 aliphatic carbocycles. The lowest BCUT2D eigenvalue weighted by Gasteiger charge is -2.11. The van der Waals surface area contributed by atoms with Crippen molar-refractivity contribution in [2.75, 3.05) is 18.2 Å². The molecular weight excluding hydrogens is 436 g/mol. The summed E-state index contributed by atoms with van der Waals surface area (Å²) in [5, 5.41) is 12.2. The number of nitrogens with zero attached hydrogens (tertiary/aromatic N) is 3. The Hall–Kier alpha value is -3.91. The fraction of sp³-hybridized carbons (Fsp3) is 0.120. The molecule has 8 heteroatoms. The van der Waals surface area contributed by atoms with E-state index in [-0.39, 0.29) is 11.7 Å². The molecule has 0 fully saturated rings. The first-order valence-corrected chi connectivity index (χ1v) is 11.2. The molecule has 1 N–H and O–H groups in total. The van der Waals surface area contributed by atoms with Gasteiger partial charge in [-0.1, -0.05) is 53.7 Å². The van der Waals surface area contributed by atoms with Crippen LogP contribution in [0.1, 0.15) is 15.9 Å². The van der Waals surface area contributed by atoms with Gasteiger partial charge in [0.05, 0.1) is 18.4 Å². The number of carbonyl (C=O) groups is 2. The van der Waals surface area contributed by atoms with Crippen molar-refractivity contribution in [1.82, 2.24) is 14.8 Å². The molecule has 0 saturated carbocycles. The number of hydrogen-bond acceptors (Lipinski definition) is 6. The number of rotatable bonds is 7. The third-order valence-corrected chi connectivity index (χ3v) is 5.78. The highest BCUT2D eigenvalue weighted by atomic mass is 32.2. The van der Waals surface area contributed by atoms with E-state index in [9.17, 15) is 9.59 Å². The zero-order valence-corrected chi connectivity index (χ0v) is 19.0. The molecule has 1 heterocycles. The van der Waals surface area contributed by atoms with E-state index in [2.05, 4.69) is 26.3 Å². The number of methoxy groups -OCH3 is 1. The average molecular weight is 459 g/mol. The van der Waals surface area contributed by atoms with E-state index in [0.717, 1.165) is 16.8 Å². The number of esters is 1. The predicted octanol–water partition coefficient (Wildman–Crippen LogP) is 4.76. The van der Waals surface area contributed by atoms with Gasteiger partial charge in [-0.3, -0.25) is 9.36 Å². The minimum absolute atomic E-state index is 0.150. The van der Waals surface area contributed by atoms with Crippen LogP contribution < -0.4 is 5.32 Å². The molecule has 7 nitrogen and oxygen atoms in total. The lowest BCUT2D eigenvalue weighted by molar-refractivity contribution is -0.113. The summed E-state index contributed by atoms with van der Waals surface area (Å²) in [6, 6.07) is 24.4. The summed E-state index contributed by atoms with van der Waals surface area (Å²) < 4.78 is 6.64. The number of benzene rings is 3. The molecule has 33 heavy (non-hydrogen) atoms. The van der Waals surface area contributed by atoms with Crippen molar-refractivity contribution < 1.29 is 14.3 Å². The minimum Gasteiger partial charge on any atom is -0.465 e. The van der Waals surface area contributed by atoms with Gasteiger partial charge in [0.2, 0.25) is 5.91 Å². The number of anilines is 1. The van der Waals surface area contributed by atoms with Gasteiger partial charge in [-0.05, 0) is 49.4 Å².